The van der Waals surface area contributed by atoms with Gasteiger partial charge in [0.2, 0.25) is 5.91 Å². The van der Waals surface area contributed by atoms with E-state index in [1.807, 2.05) is 31.1 Å². The van der Waals surface area contributed by atoms with Crippen LogP contribution >= 0.6 is 0 Å². The van der Waals surface area contributed by atoms with Gasteiger partial charge in [-0.2, -0.15) is 0 Å². The number of amides is 1. The van der Waals surface area contributed by atoms with Crippen LogP contribution in [0.25, 0.3) is 0 Å². The van der Waals surface area contributed by atoms with E-state index in [9.17, 15) is 4.79 Å². The summed E-state index contributed by atoms with van der Waals surface area (Å²) in [5, 5.41) is 2.92. The third kappa shape index (κ3) is 2.24. The molecule has 5 heteroatoms. The number of nitrogens with two attached hydrogens (primary N) is 1. The molecular weight excluding hydrogens is 216 g/mol. The largest absolute Gasteiger partial charge is 0.361 e. The topological polar surface area (TPSA) is 71.2 Å². The standard InChI is InChI=1S/C12H18N4O/c1-16(2)10-9(4-3-7-14-10)15-11(17)12(8-13)5-6-12/h3-4,7H,5-6,8,13H2,1-2H3,(H,15,17). The number of nitrogens with one attached hydrogen (secondary N) is 1. The van der Waals surface area contributed by atoms with Gasteiger partial charge in [-0.05, 0) is 25.0 Å². The van der Waals surface area contributed by atoms with E-state index in [0.29, 0.717) is 6.54 Å². The van der Waals surface area contributed by atoms with Gasteiger partial charge in [-0.3, -0.25) is 4.79 Å². The summed E-state index contributed by atoms with van der Waals surface area (Å²) in [4.78, 5) is 18.2. The molecule has 0 radical (unpaired) electrons. The van der Waals surface area contributed by atoms with Crippen LogP contribution in [-0.2, 0) is 4.79 Å². The van der Waals surface area contributed by atoms with Gasteiger partial charge < -0.3 is 16.0 Å². The lowest BCUT2D eigenvalue weighted by Crippen LogP contribution is -2.31. The minimum atomic E-state index is -0.334. The van der Waals surface area contributed by atoms with Crippen molar-refractivity contribution in [3.8, 4) is 0 Å². The summed E-state index contributed by atoms with van der Waals surface area (Å²) >= 11 is 0. The van der Waals surface area contributed by atoms with Crippen molar-refractivity contribution in [3.63, 3.8) is 0 Å². The molecule has 1 saturated carbocycles. The Balaban J connectivity index is 2.16. The molecular formula is C12H18N4O. The SMILES string of the molecule is CN(C)c1ncccc1NC(=O)C1(CN)CC1. The molecule has 0 aromatic carbocycles. The van der Waals surface area contributed by atoms with E-state index >= 15 is 0 Å². The molecule has 1 aliphatic rings. The van der Waals surface area contributed by atoms with Crippen molar-refractivity contribution in [2.75, 3.05) is 30.9 Å². The van der Waals surface area contributed by atoms with Crippen molar-refractivity contribution in [2.24, 2.45) is 11.1 Å². The molecule has 0 atom stereocenters. The Morgan fingerprint density at radius 2 is 2.29 bits per heavy atom. The highest BCUT2D eigenvalue weighted by atomic mass is 16.2. The summed E-state index contributed by atoms with van der Waals surface area (Å²) < 4.78 is 0. The summed E-state index contributed by atoms with van der Waals surface area (Å²) in [6, 6.07) is 3.66. The fourth-order valence-electron chi connectivity index (χ4n) is 1.78. The van der Waals surface area contributed by atoms with E-state index < -0.39 is 0 Å². The Morgan fingerprint density at radius 1 is 1.59 bits per heavy atom. The first-order valence-electron chi connectivity index (χ1n) is 5.73. The maximum atomic E-state index is 12.1. The van der Waals surface area contributed by atoms with E-state index in [4.69, 9.17) is 5.73 Å². The van der Waals surface area contributed by atoms with Crippen LogP contribution in [0, 0.1) is 5.41 Å². The number of hydrogen-bond acceptors (Lipinski definition) is 4. The van der Waals surface area contributed by atoms with Gasteiger partial charge in [-0.25, -0.2) is 4.98 Å². The Kier molecular flexibility index (Phi) is 3.02. The third-order valence-electron chi connectivity index (χ3n) is 3.18. The zero-order valence-corrected chi connectivity index (χ0v) is 10.2. The van der Waals surface area contributed by atoms with E-state index in [2.05, 4.69) is 10.3 Å². The molecule has 0 aliphatic heterocycles. The fourth-order valence-corrected chi connectivity index (χ4v) is 1.78. The van der Waals surface area contributed by atoms with Crippen molar-refractivity contribution in [1.82, 2.24) is 4.98 Å². The number of pyridine rings is 1. The summed E-state index contributed by atoms with van der Waals surface area (Å²) in [5.74, 6) is 0.768. The van der Waals surface area contributed by atoms with Gasteiger partial charge in [0.1, 0.15) is 0 Å². The van der Waals surface area contributed by atoms with Crippen LogP contribution in [0.5, 0.6) is 0 Å². The van der Waals surface area contributed by atoms with Gasteiger partial charge in [-0.1, -0.05) is 0 Å². The molecule has 1 aliphatic carbocycles. The van der Waals surface area contributed by atoms with Gasteiger partial charge in [0, 0.05) is 26.8 Å². The van der Waals surface area contributed by atoms with Crippen molar-refractivity contribution < 1.29 is 4.79 Å². The zero-order chi connectivity index (χ0) is 12.5. The number of anilines is 2. The molecule has 0 spiro atoms. The highest BCUT2D eigenvalue weighted by Gasteiger charge is 2.48. The molecule has 0 saturated heterocycles. The lowest BCUT2D eigenvalue weighted by atomic mass is 10.1. The van der Waals surface area contributed by atoms with Crippen LogP contribution in [0.15, 0.2) is 18.3 Å². The second-order valence-electron chi connectivity index (χ2n) is 4.71. The minimum absolute atomic E-state index is 0.0103. The highest BCUT2D eigenvalue weighted by molar-refractivity contribution is 5.99. The van der Waals surface area contributed by atoms with Crippen LogP contribution in [0.1, 0.15) is 12.8 Å². The Labute approximate surface area is 101 Å². The molecule has 0 unspecified atom stereocenters. The van der Waals surface area contributed by atoms with Gasteiger partial charge >= 0.3 is 0 Å². The quantitative estimate of drug-likeness (QED) is 0.809. The highest BCUT2D eigenvalue weighted by Crippen LogP contribution is 2.45. The lowest BCUT2D eigenvalue weighted by molar-refractivity contribution is -0.120. The van der Waals surface area contributed by atoms with Crippen LogP contribution < -0.4 is 16.0 Å². The predicted molar refractivity (Wildman–Crippen MR) is 67.9 cm³/mol. The smallest absolute Gasteiger partial charge is 0.231 e. The normalized spacial score (nSPS) is 16.4. The van der Waals surface area contributed by atoms with Crippen LogP contribution in [-0.4, -0.2) is 31.5 Å². The van der Waals surface area contributed by atoms with E-state index in [1.54, 1.807) is 6.20 Å². The minimum Gasteiger partial charge on any atom is -0.361 e. The van der Waals surface area contributed by atoms with Crippen molar-refractivity contribution in [3.05, 3.63) is 18.3 Å². The van der Waals surface area contributed by atoms with Crippen LogP contribution in [0.4, 0.5) is 11.5 Å². The average molecular weight is 234 g/mol. The maximum absolute atomic E-state index is 12.1. The van der Waals surface area contributed by atoms with Crippen molar-refractivity contribution in [2.45, 2.75) is 12.8 Å². The summed E-state index contributed by atoms with van der Waals surface area (Å²) in [6.07, 6.45) is 3.47. The van der Waals surface area contributed by atoms with E-state index in [1.165, 1.54) is 0 Å². The first kappa shape index (κ1) is 11.9. The van der Waals surface area contributed by atoms with Crippen LogP contribution in [0.3, 0.4) is 0 Å². The molecule has 1 amide bonds. The number of rotatable bonds is 4. The number of carbonyl (C=O) groups excluding carboxylic acids is 1. The predicted octanol–water partition coefficient (Wildman–Crippen LogP) is 0.825. The van der Waals surface area contributed by atoms with Crippen molar-refractivity contribution >= 4 is 17.4 Å². The molecule has 3 N–H and O–H groups in total. The molecule has 92 valence electrons. The molecule has 5 nitrogen and oxygen atoms in total. The zero-order valence-electron chi connectivity index (χ0n) is 10.2. The van der Waals surface area contributed by atoms with E-state index in [0.717, 1.165) is 24.3 Å². The van der Waals surface area contributed by atoms with Gasteiger partial charge in [0.05, 0.1) is 11.1 Å². The molecule has 1 heterocycles. The Morgan fingerprint density at radius 3 is 2.82 bits per heavy atom. The third-order valence-corrected chi connectivity index (χ3v) is 3.18. The molecule has 1 fully saturated rings. The number of aromatic nitrogens is 1. The second kappa shape index (κ2) is 4.33. The molecule has 1 aromatic heterocycles. The van der Waals surface area contributed by atoms with Crippen molar-refractivity contribution in [1.29, 1.82) is 0 Å². The number of carbonyl (C=O) groups is 1. The Bertz CT molecular complexity index is 426. The molecule has 2 rings (SSSR count). The summed E-state index contributed by atoms with van der Waals surface area (Å²) in [7, 11) is 3.79. The number of hydrogen-bond donors (Lipinski definition) is 2. The van der Waals surface area contributed by atoms with E-state index in [-0.39, 0.29) is 11.3 Å². The molecule has 0 bridgehead atoms. The average Bonchev–Trinajstić information content (AvgIpc) is 3.10. The molecule has 1 aromatic rings. The maximum Gasteiger partial charge on any atom is 0.231 e. The second-order valence-corrected chi connectivity index (χ2v) is 4.71. The van der Waals surface area contributed by atoms with Gasteiger partial charge in [0.15, 0.2) is 5.82 Å². The monoisotopic (exact) mass is 234 g/mol. The van der Waals surface area contributed by atoms with Gasteiger partial charge in [-0.15, -0.1) is 0 Å². The van der Waals surface area contributed by atoms with Crippen LogP contribution in [0.2, 0.25) is 0 Å². The number of nitrogens with zero attached hydrogens (tertiary/aromatic N) is 2. The summed E-state index contributed by atoms with van der Waals surface area (Å²) in [5.41, 5.74) is 6.04. The fraction of sp³-hybridized carbons (Fsp3) is 0.500. The summed E-state index contributed by atoms with van der Waals surface area (Å²) in [6.45, 7) is 0.413. The first-order chi connectivity index (χ1) is 8.09. The Hall–Kier alpha value is -1.62. The van der Waals surface area contributed by atoms with Gasteiger partial charge in [0.25, 0.3) is 0 Å². The lowest BCUT2D eigenvalue weighted by Gasteiger charge is -2.18. The molecule has 17 heavy (non-hydrogen) atoms. The first-order valence-corrected chi connectivity index (χ1v) is 5.73.